The number of aliphatic hydroxyl groups is 1. The monoisotopic (exact) mass is 433 g/mol. The number of hydrogen-bond acceptors (Lipinski definition) is 5. The lowest BCUT2D eigenvalue weighted by Crippen LogP contribution is -2.29. The van der Waals surface area contributed by atoms with E-state index in [9.17, 15) is 24.2 Å². The predicted molar refractivity (Wildman–Crippen MR) is 117 cm³/mol. The minimum atomic E-state index is -1.27. The number of hydrogen-bond donors (Lipinski definition) is 2. The average molecular weight is 433 g/mol. The fourth-order valence-electron chi connectivity index (χ4n) is 3.91. The zero-order valence-electron chi connectivity index (χ0n) is 17.4. The Morgan fingerprint density at radius 3 is 2.38 bits per heavy atom. The molecule has 3 aromatic carbocycles. The van der Waals surface area contributed by atoms with Crippen LogP contribution in [0.25, 0.3) is 5.76 Å². The van der Waals surface area contributed by atoms with Crippen LogP contribution in [0.15, 0.2) is 72.3 Å². The van der Waals surface area contributed by atoms with Gasteiger partial charge in [0, 0.05) is 11.1 Å². The van der Waals surface area contributed by atoms with Gasteiger partial charge in [-0.2, -0.15) is 0 Å². The van der Waals surface area contributed by atoms with Gasteiger partial charge in [0.05, 0.1) is 24.4 Å². The molecule has 1 unspecified atom stereocenters. The Morgan fingerprint density at radius 2 is 1.72 bits per heavy atom. The Hall–Kier alpha value is -4.13. The highest BCUT2D eigenvalue weighted by molar-refractivity contribution is 6.52. The summed E-state index contributed by atoms with van der Waals surface area (Å²) >= 11 is 0. The maximum Gasteiger partial charge on any atom is 0.300 e. The molecule has 162 valence electrons. The lowest BCUT2D eigenvalue weighted by atomic mass is 9.93. The lowest BCUT2D eigenvalue weighted by molar-refractivity contribution is -0.132. The van der Waals surface area contributed by atoms with E-state index in [4.69, 9.17) is 4.74 Å². The van der Waals surface area contributed by atoms with Crippen LogP contribution in [0.2, 0.25) is 0 Å². The van der Waals surface area contributed by atoms with E-state index >= 15 is 0 Å². The Bertz CT molecular complexity index is 1270. The average Bonchev–Trinajstić information content (AvgIpc) is 3.04. The molecule has 4 rings (SSSR count). The van der Waals surface area contributed by atoms with E-state index in [1.807, 2.05) is 0 Å². The maximum atomic E-state index is 14.9. The predicted octanol–water partition coefficient (Wildman–Crippen LogP) is 4.47. The normalized spacial score (nSPS) is 17.6. The molecule has 0 saturated carbocycles. The topological polar surface area (TPSA) is 87.1 Å². The smallest absolute Gasteiger partial charge is 0.300 e. The highest BCUT2D eigenvalue weighted by atomic mass is 19.1. The number of halogens is 1. The van der Waals surface area contributed by atoms with Crippen molar-refractivity contribution in [3.63, 3.8) is 0 Å². The molecule has 3 aromatic rings. The van der Waals surface area contributed by atoms with Gasteiger partial charge in [-0.1, -0.05) is 30.3 Å². The zero-order valence-corrected chi connectivity index (χ0v) is 17.4. The van der Waals surface area contributed by atoms with Crippen LogP contribution in [0, 0.1) is 12.7 Å². The van der Waals surface area contributed by atoms with Crippen molar-refractivity contribution in [3.05, 3.63) is 94.8 Å². The number of benzene rings is 3. The molecule has 0 aromatic heterocycles. The van der Waals surface area contributed by atoms with E-state index < -0.39 is 29.3 Å². The number of nitrogens with zero attached hydrogens (tertiary/aromatic N) is 1. The van der Waals surface area contributed by atoms with E-state index in [-0.39, 0.29) is 22.6 Å². The summed E-state index contributed by atoms with van der Waals surface area (Å²) in [6.07, 6.45) is 0. The van der Waals surface area contributed by atoms with Gasteiger partial charge in [0.25, 0.3) is 11.7 Å². The van der Waals surface area contributed by atoms with Crippen molar-refractivity contribution in [2.45, 2.75) is 13.0 Å². The Morgan fingerprint density at radius 1 is 1.03 bits per heavy atom. The number of carbonyl (C=O) groups is 2. The van der Waals surface area contributed by atoms with Gasteiger partial charge in [-0.3, -0.25) is 14.5 Å². The molecule has 32 heavy (non-hydrogen) atoms. The number of amides is 1. The molecule has 0 aliphatic carbocycles. The quantitative estimate of drug-likeness (QED) is 0.360. The number of para-hydroxylation sites is 2. The Labute approximate surface area is 183 Å². The van der Waals surface area contributed by atoms with Crippen LogP contribution in [0.5, 0.6) is 11.5 Å². The van der Waals surface area contributed by atoms with E-state index in [1.165, 1.54) is 37.4 Å². The summed E-state index contributed by atoms with van der Waals surface area (Å²) in [5, 5.41) is 21.5. The number of anilines is 1. The summed E-state index contributed by atoms with van der Waals surface area (Å²) in [6.45, 7) is 1.72. The van der Waals surface area contributed by atoms with Gasteiger partial charge in [-0.05, 0) is 48.9 Å². The molecular formula is C25H20FNO5. The second-order valence-electron chi connectivity index (χ2n) is 7.36. The second-order valence-corrected chi connectivity index (χ2v) is 7.36. The third-order valence-corrected chi connectivity index (χ3v) is 5.47. The number of aryl methyl sites for hydroxylation is 1. The highest BCUT2D eigenvalue weighted by Crippen LogP contribution is 2.45. The van der Waals surface area contributed by atoms with Crippen molar-refractivity contribution in [2.75, 3.05) is 12.0 Å². The van der Waals surface area contributed by atoms with Gasteiger partial charge in [-0.15, -0.1) is 0 Å². The molecule has 1 aliphatic heterocycles. The number of Topliss-reactive ketones (excluding diaryl/α,β-unsaturated/α-hetero) is 1. The SMILES string of the molecule is COc1ccc(/C(O)=C2\C(=O)C(=O)N(c3ccccc3O)C2c2ccccc2F)c(C)c1. The molecule has 1 atom stereocenters. The second kappa shape index (κ2) is 8.19. The van der Waals surface area contributed by atoms with Crippen molar-refractivity contribution in [3.8, 4) is 11.5 Å². The molecular weight excluding hydrogens is 413 g/mol. The molecule has 1 amide bonds. The summed E-state index contributed by atoms with van der Waals surface area (Å²) in [4.78, 5) is 27.2. The summed E-state index contributed by atoms with van der Waals surface area (Å²) < 4.78 is 20.1. The molecule has 0 spiro atoms. The molecule has 1 heterocycles. The van der Waals surface area contributed by atoms with Crippen LogP contribution in [0.3, 0.4) is 0 Å². The standard InChI is InChI=1S/C25H20FNO5/c1-14-13-15(32-2)11-12-16(14)23(29)21-22(17-7-3-4-8-18(17)26)27(25(31)24(21)30)19-9-5-6-10-20(19)28/h3-13,22,28-29H,1-2H3/b23-21+. The van der Waals surface area contributed by atoms with Crippen molar-refractivity contribution in [2.24, 2.45) is 0 Å². The van der Waals surface area contributed by atoms with Gasteiger partial charge in [0.2, 0.25) is 0 Å². The van der Waals surface area contributed by atoms with Gasteiger partial charge in [-0.25, -0.2) is 4.39 Å². The van der Waals surface area contributed by atoms with Crippen molar-refractivity contribution in [1.29, 1.82) is 0 Å². The number of methoxy groups -OCH3 is 1. The van der Waals surface area contributed by atoms with Crippen LogP contribution < -0.4 is 9.64 Å². The zero-order chi connectivity index (χ0) is 23.0. The van der Waals surface area contributed by atoms with E-state index in [0.29, 0.717) is 16.9 Å². The third kappa shape index (κ3) is 3.37. The van der Waals surface area contributed by atoms with E-state index in [0.717, 1.165) is 4.90 Å². The number of ketones is 1. The summed E-state index contributed by atoms with van der Waals surface area (Å²) in [7, 11) is 1.50. The van der Waals surface area contributed by atoms with E-state index in [1.54, 1.807) is 43.3 Å². The van der Waals surface area contributed by atoms with Crippen LogP contribution >= 0.6 is 0 Å². The number of carbonyl (C=O) groups excluding carboxylic acids is 2. The van der Waals surface area contributed by atoms with E-state index in [2.05, 4.69) is 0 Å². The first-order valence-electron chi connectivity index (χ1n) is 9.83. The fourth-order valence-corrected chi connectivity index (χ4v) is 3.91. The summed E-state index contributed by atoms with van der Waals surface area (Å²) in [5.74, 6) is -2.75. The molecule has 2 N–H and O–H groups in total. The van der Waals surface area contributed by atoms with Crippen LogP contribution in [0.1, 0.15) is 22.7 Å². The maximum absolute atomic E-state index is 14.9. The van der Waals surface area contributed by atoms with Gasteiger partial charge >= 0.3 is 0 Å². The summed E-state index contributed by atoms with van der Waals surface area (Å²) in [6, 6.07) is 15.2. The Kier molecular flexibility index (Phi) is 5.40. The number of ether oxygens (including phenoxy) is 1. The number of phenolic OH excluding ortho intramolecular Hbond substituents is 1. The first kappa shape index (κ1) is 21.1. The molecule has 0 bridgehead atoms. The van der Waals surface area contributed by atoms with Crippen LogP contribution in [-0.2, 0) is 9.59 Å². The van der Waals surface area contributed by atoms with Crippen molar-refractivity contribution >= 4 is 23.1 Å². The van der Waals surface area contributed by atoms with Crippen molar-refractivity contribution < 1.29 is 28.9 Å². The van der Waals surface area contributed by atoms with Crippen molar-refractivity contribution in [1.82, 2.24) is 0 Å². The fraction of sp³-hybridized carbons (Fsp3) is 0.120. The molecule has 1 aliphatic rings. The molecule has 1 saturated heterocycles. The first-order chi connectivity index (χ1) is 15.3. The molecule has 1 fully saturated rings. The minimum Gasteiger partial charge on any atom is -0.507 e. The largest absolute Gasteiger partial charge is 0.507 e. The Balaban J connectivity index is 2.00. The third-order valence-electron chi connectivity index (χ3n) is 5.47. The number of aliphatic hydroxyl groups excluding tert-OH is 1. The van der Waals surface area contributed by atoms with Gasteiger partial charge in [0.1, 0.15) is 23.1 Å². The molecule has 6 nitrogen and oxygen atoms in total. The lowest BCUT2D eigenvalue weighted by Gasteiger charge is -2.26. The molecule has 7 heteroatoms. The van der Waals surface area contributed by atoms with Crippen LogP contribution in [-0.4, -0.2) is 29.0 Å². The first-order valence-corrected chi connectivity index (χ1v) is 9.83. The minimum absolute atomic E-state index is 0.0164. The highest BCUT2D eigenvalue weighted by Gasteiger charge is 2.48. The van der Waals surface area contributed by atoms with Gasteiger partial charge in [0.15, 0.2) is 0 Å². The number of aromatic hydroxyl groups is 1. The summed E-state index contributed by atoms with van der Waals surface area (Å²) in [5.41, 5.74) is 0.693. The number of phenols is 1. The molecule has 0 radical (unpaired) electrons. The van der Waals surface area contributed by atoms with Gasteiger partial charge < -0.3 is 14.9 Å². The van der Waals surface area contributed by atoms with Crippen LogP contribution in [0.4, 0.5) is 10.1 Å². The number of rotatable bonds is 4.